The van der Waals surface area contributed by atoms with Crippen LogP contribution < -0.4 is 5.32 Å². The van der Waals surface area contributed by atoms with Crippen LogP contribution in [0.15, 0.2) is 23.1 Å². The number of carbonyl (C=O) groups excluding carboxylic acids is 1. The molecule has 134 valence electrons. The molecule has 1 fully saturated rings. The van der Waals surface area contributed by atoms with E-state index in [9.17, 15) is 26.4 Å². The minimum atomic E-state index is -4.33. The number of amides is 2. The molecule has 1 heterocycles. The third-order valence-electron chi connectivity index (χ3n) is 4.05. The summed E-state index contributed by atoms with van der Waals surface area (Å²) in [5, 5.41) is 2.52. The van der Waals surface area contributed by atoms with Gasteiger partial charge in [-0.25, -0.2) is 13.2 Å². The third-order valence-corrected chi connectivity index (χ3v) is 5.16. The molecule has 0 aromatic heterocycles. The third kappa shape index (κ3) is 4.40. The fraction of sp³-hybridized carbons (Fsp3) is 0.533. The first-order chi connectivity index (χ1) is 11.0. The van der Waals surface area contributed by atoms with E-state index in [2.05, 4.69) is 5.32 Å². The van der Waals surface area contributed by atoms with Crippen molar-refractivity contribution < 1.29 is 26.4 Å². The number of urea groups is 1. The van der Waals surface area contributed by atoms with Crippen LogP contribution in [-0.4, -0.2) is 44.9 Å². The van der Waals surface area contributed by atoms with Gasteiger partial charge in [0.15, 0.2) is 9.84 Å². The summed E-state index contributed by atoms with van der Waals surface area (Å²) in [6.07, 6.45) is -3.00. The largest absolute Gasteiger partial charge is 0.393 e. The second-order valence-electron chi connectivity index (χ2n) is 6.01. The second-order valence-corrected chi connectivity index (χ2v) is 8.02. The summed E-state index contributed by atoms with van der Waals surface area (Å²) < 4.78 is 61.7. The Morgan fingerprint density at radius 3 is 2.58 bits per heavy atom. The molecular weight excluding hydrogens is 345 g/mol. The van der Waals surface area contributed by atoms with E-state index in [4.69, 9.17) is 0 Å². The quantitative estimate of drug-likeness (QED) is 0.876. The lowest BCUT2D eigenvalue weighted by atomic mass is 9.98. The topological polar surface area (TPSA) is 66.5 Å². The molecule has 0 bridgehead atoms. The summed E-state index contributed by atoms with van der Waals surface area (Å²) in [6, 6.07) is 3.62. The number of hydrogen-bond donors (Lipinski definition) is 1. The van der Waals surface area contributed by atoms with Gasteiger partial charge in [0.25, 0.3) is 0 Å². The number of halogens is 3. The maximum Gasteiger partial charge on any atom is 0.393 e. The lowest BCUT2D eigenvalue weighted by Gasteiger charge is -2.33. The summed E-state index contributed by atoms with van der Waals surface area (Å²) >= 11 is 0. The highest BCUT2D eigenvalue weighted by Gasteiger charge is 2.42. The summed E-state index contributed by atoms with van der Waals surface area (Å²) in [5.74, 6) is -1.53. The van der Waals surface area contributed by atoms with E-state index >= 15 is 0 Å². The lowest BCUT2D eigenvalue weighted by molar-refractivity contribution is -0.183. The van der Waals surface area contributed by atoms with Crippen molar-refractivity contribution in [2.45, 2.75) is 30.8 Å². The fourth-order valence-electron chi connectivity index (χ4n) is 2.59. The van der Waals surface area contributed by atoms with Crippen LogP contribution >= 0.6 is 0 Å². The molecule has 2 amide bonds. The van der Waals surface area contributed by atoms with Gasteiger partial charge in [-0.05, 0) is 37.5 Å². The van der Waals surface area contributed by atoms with Gasteiger partial charge < -0.3 is 10.2 Å². The minimum absolute atomic E-state index is 0.00979. The number of rotatable bonds is 2. The molecule has 2 rings (SSSR count). The van der Waals surface area contributed by atoms with E-state index in [0.29, 0.717) is 5.56 Å². The highest BCUT2D eigenvalue weighted by molar-refractivity contribution is 7.90. The Bertz CT molecular complexity index is 732. The lowest BCUT2D eigenvalue weighted by Crippen LogP contribution is -2.46. The van der Waals surface area contributed by atoms with Crippen molar-refractivity contribution in [1.82, 2.24) is 4.90 Å². The normalized spacial score (nSPS) is 19.2. The van der Waals surface area contributed by atoms with Crippen molar-refractivity contribution in [2.75, 3.05) is 24.7 Å². The Balaban J connectivity index is 2.15. The van der Waals surface area contributed by atoms with Gasteiger partial charge in [-0.1, -0.05) is 6.07 Å². The number of sulfone groups is 1. The van der Waals surface area contributed by atoms with Crippen molar-refractivity contribution in [3.05, 3.63) is 23.8 Å². The average Bonchev–Trinajstić information content (AvgIpc) is 2.47. The number of alkyl halides is 3. The summed E-state index contributed by atoms with van der Waals surface area (Å²) in [5.41, 5.74) is 0.900. The fourth-order valence-corrected chi connectivity index (χ4v) is 3.24. The van der Waals surface area contributed by atoms with Crippen LogP contribution in [0.3, 0.4) is 0 Å². The number of hydrogen-bond acceptors (Lipinski definition) is 3. The van der Waals surface area contributed by atoms with Crippen molar-refractivity contribution >= 4 is 21.6 Å². The number of likely N-dealkylation sites (tertiary alicyclic amines) is 1. The van der Waals surface area contributed by atoms with Gasteiger partial charge >= 0.3 is 12.2 Å². The van der Waals surface area contributed by atoms with Crippen molar-refractivity contribution in [1.29, 1.82) is 0 Å². The Hall–Kier alpha value is -1.77. The molecule has 1 aromatic carbocycles. The zero-order chi connectivity index (χ0) is 18.1. The predicted octanol–water partition coefficient (Wildman–Crippen LogP) is 3.20. The minimum Gasteiger partial charge on any atom is -0.324 e. The molecule has 1 aromatic rings. The number of nitrogens with zero attached hydrogens (tertiary/aromatic N) is 1. The monoisotopic (exact) mass is 364 g/mol. The summed E-state index contributed by atoms with van der Waals surface area (Å²) in [7, 11) is -3.44. The molecule has 0 saturated carbocycles. The highest BCUT2D eigenvalue weighted by atomic mass is 32.2. The van der Waals surface area contributed by atoms with Crippen LogP contribution in [0.25, 0.3) is 0 Å². The molecule has 1 saturated heterocycles. The standard InChI is InChI=1S/C15H19F3N2O3S/c1-10-5-6-12(24(2,22)23)8-13(10)19-14(21)20-7-3-4-11(9-20)15(16,17)18/h5-6,8,11H,3-4,7,9H2,1-2H3,(H,19,21). The van der Waals surface area contributed by atoms with E-state index in [-0.39, 0.29) is 36.5 Å². The van der Waals surface area contributed by atoms with Crippen LogP contribution in [0, 0.1) is 12.8 Å². The van der Waals surface area contributed by atoms with E-state index in [1.54, 1.807) is 13.0 Å². The van der Waals surface area contributed by atoms with Gasteiger partial charge in [0.2, 0.25) is 0 Å². The predicted molar refractivity (Wildman–Crippen MR) is 83.7 cm³/mol. The van der Waals surface area contributed by atoms with Crippen molar-refractivity contribution in [3.63, 3.8) is 0 Å². The zero-order valence-corrected chi connectivity index (χ0v) is 14.2. The van der Waals surface area contributed by atoms with Gasteiger partial charge in [0, 0.05) is 25.0 Å². The zero-order valence-electron chi connectivity index (χ0n) is 13.4. The molecule has 1 atom stereocenters. The molecule has 9 heteroatoms. The van der Waals surface area contributed by atoms with Gasteiger partial charge in [-0.15, -0.1) is 0 Å². The van der Waals surface area contributed by atoms with Gasteiger partial charge in [0.1, 0.15) is 0 Å². The SMILES string of the molecule is Cc1ccc(S(C)(=O)=O)cc1NC(=O)N1CCCC(C(F)(F)F)C1. The Kier molecular flexibility index (Phi) is 5.12. The van der Waals surface area contributed by atoms with Crippen molar-refractivity contribution in [3.8, 4) is 0 Å². The first kappa shape index (κ1) is 18.6. The molecular formula is C15H19F3N2O3S. The summed E-state index contributed by atoms with van der Waals surface area (Å²) in [6.45, 7) is 1.53. The maximum atomic E-state index is 12.8. The Morgan fingerprint density at radius 1 is 1.33 bits per heavy atom. The first-order valence-electron chi connectivity index (χ1n) is 7.42. The van der Waals surface area contributed by atoms with Crippen LogP contribution in [0.2, 0.25) is 0 Å². The maximum absolute atomic E-state index is 12.8. The molecule has 1 aliphatic rings. The summed E-state index contributed by atoms with van der Waals surface area (Å²) in [4.78, 5) is 13.4. The molecule has 5 nitrogen and oxygen atoms in total. The molecule has 0 radical (unpaired) electrons. The van der Waals surface area contributed by atoms with Crippen LogP contribution in [0.5, 0.6) is 0 Å². The highest BCUT2D eigenvalue weighted by Crippen LogP contribution is 2.33. The van der Waals surface area contributed by atoms with E-state index in [1.165, 1.54) is 12.1 Å². The van der Waals surface area contributed by atoms with E-state index in [0.717, 1.165) is 11.2 Å². The van der Waals surface area contributed by atoms with E-state index < -0.39 is 28.0 Å². The van der Waals surface area contributed by atoms with Gasteiger partial charge in [-0.3, -0.25) is 0 Å². The van der Waals surface area contributed by atoms with Gasteiger partial charge in [-0.2, -0.15) is 13.2 Å². The van der Waals surface area contributed by atoms with E-state index in [1.807, 2.05) is 0 Å². The van der Waals surface area contributed by atoms with Crippen molar-refractivity contribution in [2.24, 2.45) is 5.92 Å². The molecule has 1 aliphatic heterocycles. The second kappa shape index (κ2) is 6.62. The van der Waals surface area contributed by atoms with Gasteiger partial charge in [0.05, 0.1) is 10.8 Å². The number of carbonyl (C=O) groups is 1. The Labute approximate surface area is 138 Å². The van der Waals surface area contributed by atoms with Crippen LogP contribution in [0.1, 0.15) is 18.4 Å². The number of benzene rings is 1. The molecule has 0 aliphatic carbocycles. The molecule has 24 heavy (non-hydrogen) atoms. The molecule has 1 unspecified atom stereocenters. The van der Waals surface area contributed by atoms with Crippen LogP contribution in [0.4, 0.5) is 23.7 Å². The van der Waals surface area contributed by atoms with Crippen LogP contribution in [-0.2, 0) is 9.84 Å². The number of anilines is 1. The molecule has 0 spiro atoms. The average molecular weight is 364 g/mol. The number of nitrogens with one attached hydrogen (secondary N) is 1. The first-order valence-corrected chi connectivity index (χ1v) is 9.31. The smallest absolute Gasteiger partial charge is 0.324 e. The number of aryl methyl sites for hydroxylation is 1. The molecule has 1 N–H and O–H groups in total. The Morgan fingerprint density at radius 2 is 2.00 bits per heavy atom. The number of piperidine rings is 1.